The molecule has 0 aliphatic heterocycles. The summed E-state index contributed by atoms with van der Waals surface area (Å²) in [4.78, 5) is 2.17. The van der Waals surface area contributed by atoms with Crippen LogP contribution in [0.15, 0.2) is 18.2 Å². The second-order valence-electron chi connectivity index (χ2n) is 4.91. The van der Waals surface area contributed by atoms with Crippen molar-refractivity contribution in [2.75, 3.05) is 47.4 Å². The van der Waals surface area contributed by atoms with Crippen LogP contribution in [0.2, 0.25) is 0 Å². The van der Waals surface area contributed by atoms with Crippen molar-refractivity contribution in [3.8, 4) is 11.5 Å². The molecule has 0 spiro atoms. The normalized spacial score (nSPS) is 10.2. The number of methoxy groups -OCH3 is 1. The van der Waals surface area contributed by atoms with Gasteiger partial charge in [0, 0.05) is 13.1 Å². The van der Waals surface area contributed by atoms with Crippen LogP contribution in [-0.2, 0) is 0 Å². The lowest BCUT2D eigenvalue weighted by atomic mass is 10.2. The van der Waals surface area contributed by atoms with Crippen molar-refractivity contribution < 1.29 is 9.47 Å². The first-order valence-electron chi connectivity index (χ1n) is 6.76. The van der Waals surface area contributed by atoms with Crippen molar-refractivity contribution in [1.82, 2.24) is 10.2 Å². The molecule has 0 fully saturated rings. The summed E-state index contributed by atoms with van der Waals surface area (Å²) in [5.41, 5.74) is 1.18. The van der Waals surface area contributed by atoms with Crippen molar-refractivity contribution in [1.29, 1.82) is 0 Å². The molecule has 1 aromatic carbocycles. The molecule has 4 nitrogen and oxygen atoms in total. The average molecular weight is 303 g/mol. The zero-order valence-electron chi connectivity index (χ0n) is 12.9. The molecule has 0 aliphatic rings. The largest absolute Gasteiger partial charge is 0.493 e. The maximum absolute atomic E-state index is 5.74. The molecule has 0 aromatic heterocycles. The Labute approximate surface area is 128 Å². The average Bonchev–Trinajstić information content (AvgIpc) is 2.38. The van der Waals surface area contributed by atoms with Crippen LogP contribution in [0.1, 0.15) is 12.0 Å². The summed E-state index contributed by atoms with van der Waals surface area (Å²) in [5, 5.41) is 3.39. The van der Waals surface area contributed by atoms with Crippen LogP contribution in [0.25, 0.3) is 0 Å². The van der Waals surface area contributed by atoms with Gasteiger partial charge in [0.15, 0.2) is 11.5 Å². The molecule has 1 N–H and O–H groups in total. The molecule has 0 bridgehead atoms. The molecule has 1 aromatic rings. The summed E-state index contributed by atoms with van der Waals surface area (Å²) in [6, 6.07) is 5.99. The zero-order chi connectivity index (χ0) is 14.1. The Hall–Kier alpha value is -0.970. The van der Waals surface area contributed by atoms with Crippen molar-refractivity contribution in [3.63, 3.8) is 0 Å². The number of halogens is 1. The van der Waals surface area contributed by atoms with Gasteiger partial charge in [-0.25, -0.2) is 0 Å². The molecule has 0 amide bonds. The number of benzene rings is 1. The second-order valence-corrected chi connectivity index (χ2v) is 4.91. The Bertz CT molecular complexity index is 373. The molecular weight excluding hydrogens is 276 g/mol. The van der Waals surface area contributed by atoms with Crippen LogP contribution in [0.3, 0.4) is 0 Å². The third kappa shape index (κ3) is 7.58. The topological polar surface area (TPSA) is 33.7 Å². The first kappa shape index (κ1) is 19.0. The van der Waals surface area contributed by atoms with Gasteiger partial charge in [-0.1, -0.05) is 6.07 Å². The van der Waals surface area contributed by atoms with Crippen LogP contribution in [0.4, 0.5) is 0 Å². The van der Waals surface area contributed by atoms with Crippen LogP contribution in [0, 0.1) is 6.92 Å². The molecule has 0 aliphatic carbocycles. The Morgan fingerprint density at radius 2 is 1.90 bits per heavy atom. The number of nitrogens with zero attached hydrogens (tertiary/aromatic N) is 1. The van der Waals surface area contributed by atoms with Crippen molar-refractivity contribution in [2.24, 2.45) is 0 Å². The van der Waals surface area contributed by atoms with E-state index in [1.165, 1.54) is 5.56 Å². The molecular formula is C15H27ClN2O2. The highest BCUT2D eigenvalue weighted by atomic mass is 35.5. The summed E-state index contributed by atoms with van der Waals surface area (Å²) < 4.78 is 11.0. The highest BCUT2D eigenvalue weighted by Crippen LogP contribution is 2.27. The first-order valence-corrected chi connectivity index (χ1v) is 6.76. The predicted octanol–water partition coefficient (Wildman–Crippen LogP) is 2.35. The Morgan fingerprint density at radius 3 is 2.55 bits per heavy atom. The number of nitrogens with one attached hydrogen (secondary N) is 1. The van der Waals surface area contributed by atoms with Gasteiger partial charge in [-0.3, -0.25) is 0 Å². The van der Waals surface area contributed by atoms with Crippen molar-refractivity contribution in [2.45, 2.75) is 13.3 Å². The third-order valence-electron chi connectivity index (χ3n) is 2.81. The van der Waals surface area contributed by atoms with E-state index in [1.54, 1.807) is 7.11 Å². The van der Waals surface area contributed by atoms with Gasteiger partial charge in [0.2, 0.25) is 0 Å². The van der Waals surface area contributed by atoms with Crippen LogP contribution < -0.4 is 14.8 Å². The standard InChI is InChI=1S/C15H26N2O2.ClH/c1-13-6-7-14(15(12-13)18-4)19-11-5-8-16-9-10-17(2)3;/h6-7,12,16H,5,8-11H2,1-4H3;1H. The SMILES string of the molecule is COc1cc(C)ccc1OCCCNCCN(C)C.Cl. The van der Waals surface area contributed by atoms with Crippen LogP contribution >= 0.6 is 12.4 Å². The summed E-state index contributed by atoms with van der Waals surface area (Å²) in [6.45, 7) is 5.80. The highest BCUT2D eigenvalue weighted by molar-refractivity contribution is 5.85. The monoisotopic (exact) mass is 302 g/mol. The highest BCUT2D eigenvalue weighted by Gasteiger charge is 2.03. The Kier molecular flexibility index (Phi) is 10.3. The number of hydrogen-bond donors (Lipinski definition) is 1. The minimum atomic E-state index is 0. The van der Waals surface area contributed by atoms with Gasteiger partial charge in [0.25, 0.3) is 0 Å². The van der Waals surface area contributed by atoms with E-state index in [2.05, 4.69) is 24.3 Å². The van der Waals surface area contributed by atoms with Gasteiger partial charge in [-0.15, -0.1) is 12.4 Å². The van der Waals surface area contributed by atoms with Crippen LogP contribution in [0.5, 0.6) is 11.5 Å². The van der Waals surface area contributed by atoms with Gasteiger partial charge in [0.1, 0.15) is 0 Å². The lowest BCUT2D eigenvalue weighted by Gasteiger charge is -2.12. The molecule has 5 heteroatoms. The molecule has 116 valence electrons. The maximum Gasteiger partial charge on any atom is 0.161 e. The van der Waals surface area contributed by atoms with E-state index >= 15 is 0 Å². The van der Waals surface area contributed by atoms with Gasteiger partial charge >= 0.3 is 0 Å². The molecule has 0 heterocycles. The summed E-state index contributed by atoms with van der Waals surface area (Å²) in [6.07, 6.45) is 0.991. The molecule has 0 saturated heterocycles. The second kappa shape index (κ2) is 10.8. The number of aryl methyl sites for hydroxylation is 1. The van der Waals surface area contributed by atoms with Gasteiger partial charge in [-0.05, 0) is 51.7 Å². The molecule has 0 radical (unpaired) electrons. The van der Waals surface area contributed by atoms with Crippen molar-refractivity contribution >= 4 is 12.4 Å². The first-order chi connectivity index (χ1) is 9.13. The molecule has 0 saturated carbocycles. The third-order valence-corrected chi connectivity index (χ3v) is 2.81. The predicted molar refractivity (Wildman–Crippen MR) is 86.5 cm³/mol. The minimum absolute atomic E-state index is 0. The summed E-state index contributed by atoms with van der Waals surface area (Å²) in [7, 11) is 5.83. The lowest BCUT2D eigenvalue weighted by molar-refractivity contribution is 0.286. The fraction of sp³-hybridized carbons (Fsp3) is 0.600. The maximum atomic E-state index is 5.74. The molecule has 0 atom stereocenters. The summed E-state index contributed by atoms with van der Waals surface area (Å²) >= 11 is 0. The quantitative estimate of drug-likeness (QED) is 0.710. The van der Waals surface area contributed by atoms with E-state index in [-0.39, 0.29) is 12.4 Å². The smallest absolute Gasteiger partial charge is 0.161 e. The van der Waals surface area contributed by atoms with E-state index in [0.29, 0.717) is 6.61 Å². The molecule has 20 heavy (non-hydrogen) atoms. The Balaban J connectivity index is 0.00000361. The zero-order valence-corrected chi connectivity index (χ0v) is 13.8. The Morgan fingerprint density at radius 1 is 1.15 bits per heavy atom. The van der Waals surface area contributed by atoms with E-state index in [9.17, 15) is 0 Å². The van der Waals surface area contributed by atoms with E-state index in [1.807, 2.05) is 25.1 Å². The van der Waals surface area contributed by atoms with Crippen LogP contribution in [-0.4, -0.2) is 52.3 Å². The number of rotatable bonds is 9. The summed E-state index contributed by atoms with van der Waals surface area (Å²) in [5.74, 6) is 1.63. The van der Waals surface area contributed by atoms with Gasteiger partial charge < -0.3 is 19.7 Å². The van der Waals surface area contributed by atoms with Crippen molar-refractivity contribution in [3.05, 3.63) is 23.8 Å². The van der Waals surface area contributed by atoms with E-state index in [0.717, 1.165) is 37.6 Å². The number of ether oxygens (including phenoxy) is 2. The van der Waals surface area contributed by atoms with E-state index < -0.39 is 0 Å². The van der Waals surface area contributed by atoms with E-state index in [4.69, 9.17) is 9.47 Å². The molecule has 0 unspecified atom stereocenters. The number of likely N-dealkylation sites (N-methyl/N-ethyl adjacent to an activating group) is 1. The minimum Gasteiger partial charge on any atom is -0.493 e. The fourth-order valence-electron chi connectivity index (χ4n) is 1.70. The number of hydrogen-bond acceptors (Lipinski definition) is 4. The fourth-order valence-corrected chi connectivity index (χ4v) is 1.70. The lowest BCUT2D eigenvalue weighted by Crippen LogP contribution is -2.27. The molecule has 1 rings (SSSR count). The van der Waals surface area contributed by atoms with Gasteiger partial charge in [0.05, 0.1) is 13.7 Å². The van der Waals surface area contributed by atoms with Gasteiger partial charge in [-0.2, -0.15) is 0 Å².